The molecule has 0 radical (unpaired) electrons. The SMILES string of the molecule is CNCCN(C)C(=O)C1CSCN1C(=O)C1CCCC1.Cl. The number of thioether (sulfide) groups is 1. The highest BCUT2D eigenvalue weighted by Crippen LogP contribution is 2.31. The van der Waals surface area contributed by atoms with Gasteiger partial charge in [-0.25, -0.2) is 0 Å². The maximum atomic E-state index is 12.5. The van der Waals surface area contributed by atoms with Crippen LogP contribution in [0.4, 0.5) is 0 Å². The van der Waals surface area contributed by atoms with Crippen molar-refractivity contribution in [1.29, 1.82) is 0 Å². The molecule has 2 aliphatic rings. The van der Waals surface area contributed by atoms with E-state index in [2.05, 4.69) is 5.32 Å². The molecular weight excluding hydrogens is 310 g/mol. The fourth-order valence-corrected chi connectivity index (χ4v) is 4.07. The van der Waals surface area contributed by atoms with Crippen LogP contribution in [0.3, 0.4) is 0 Å². The normalized spacial score (nSPS) is 22.2. The Morgan fingerprint density at radius 3 is 2.62 bits per heavy atom. The van der Waals surface area contributed by atoms with Crippen molar-refractivity contribution in [3.63, 3.8) is 0 Å². The van der Waals surface area contributed by atoms with Crippen molar-refractivity contribution in [3.8, 4) is 0 Å². The van der Waals surface area contributed by atoms with Crippen molar-refractivity contribution in [2.45, 2.75) is 31.7 Å². The van der Waals surface area contributed by atoms with Crippen LogP contribution in [0.2, 0.25) is 0 Å². The van der Waals surface area contributed by atoms with Gasteiger partial charge in [0.1, 0.15) is 6.04 Å². The van der Waals surface area contributed by atoms with Crippen molar-refractivity contribution in [2.75, 3.05) is 38.8 Å². The van der Waals surface area contributed by atoms with Crippen LogP contribution in [-0.2, 0) is 9.59 Å². The fraction of sp³-hybridized carbons (Fsp3) is 0.857. The van der Waals surface area contributed by atoms with E-state index in [0.29, 0.717) is 12.4 Å². The summed E-state index contributed by atoms with van der Waals surface area (Å²) in [5.41, 5.74) is 0. The van der Waals surface area contributed by atoms with Crippen molar-refractivity contribution in [3.05, 3.63) is 0 Å². The number of carbonyl (C=O) groups excluding carboxylic acids is 2. The first-order valence-electron chi connectivity index (χ1n) is 7.43. The van der Waals surface area contributed by atoms with Crippen molar-refractivity contribution < 1.29 is 9.59 Å². The Balaban J connectivity index is 0.00000220. The molecule has 0 aromatic carbocycles. The second-order valence-corrected chi connectivity index (χ2v) is 6.67. The lowest BCUT2D eigenvalue weighted by molar-refractivity contribution is -0.144. The van der Waals surface area contributed by atoms with Gasteiger partial charge >= 0.3 is 0 Å². The van der Waals surface area contributed by atoms with Crippen molar-refractivity contribution in [2.24, 2.45) is 5.92 Å². The van der Waals surface area contributed by atoms with Crippen LogP contribution in [0.1, 0.15) is 25.7 Å². The van der Waals surface area contributed by atoms with Gasteiger partial charge in [0, 0.05) is 31.8 Å². The molecule has 21 heavy (non-hydrogen) atoms. The first-order chi connectivity index (χ1) is 9.65. The first-order valence-corrected chi connectivity index (χ1v) is 8.58. The Labute approximate surface area is 137 Å². The van der Waals surface area contributed by atoms with E-state index in [9.17, 15) is 9.59 Å². The summed E-state index contributed by atoms with van der Waals surface area (Å²) in [6.45, 7) is 1.46. The van der Waals surface area contributed by atoms with Gasteiger partial charge in [-0.05, 0) is 19.9 Å². The van der Waals surface area contributed by atoms with E-state index in [1.54, 1.807) is 16.7 Å². The first kappa shape index (κ1) is 18.6. The Morgan fingerprint density at radius 2 is 2.00 bits per heavy atom. The number of hydrogen-bond donors (Lipinski definition) is 1. The van der Waals surface area contributed by atoms with Gasteiger partial charge in [0.15, 0.2) is 0 Å². The standard InChI is InChI=1S/C14H25N3O2S.ClH/c1-15-7-8-16(2)14(19)12-9-20-10-17(12)13(18)11-5-3-4-6-11;/h11-12,15H,3-10H2,1-2H3;1H. The minimum absolute atomic E-state index is 0. The molecule has 5 nitrogen and oxygen atoms in total. The molecule has 1 aliphatic carbocycles. The molecule has 2 amide bonds. The zero-order valence-electron chi connectivity index (χ0n) is 12.8. The monoisotopic (exact) mass is 335 g/mol. The molecule has 0 aromatic heterocycles. The van der Waals surface area contributed by atoms with Gasteiger partial charge in [0.25, 0.3) is 0 Å². The zero-order chi connectivity index (χ0) is 14.5. The Morgan fingerprint density at radius 1 is 1.33 bits per heavy atom. The number of rotatable bonds is 5. The molecular formula is C14H26ClN3O2S. The molecule has 2 rings (SSSR count). The summed E-state index contributed by atoms with van der Waals surface area (Å²) in [4.78, 5) is 28.6. The highest BCUT2D eigenvalue weighted by molar-refractivity contribution is 7.99. The van der Waals surface area contributed by atoms with E-state index in [1.165, 1.54) is 0 Å². The molecule has 1 heterocycles. The number of likely N-dealkylation sites (N-methyl/N-ethyl adjacent to an activating group) is 2. The Kier molecular flexibility index (Phi) is 7.84. The average Bonchev–Trinajstić information content (AvgIpc) is 3.13. The molecule has 1 unspecified atom stereocenters. The van der Waals surface area contributed by atoms with Gasteiger partial charge < -0.3 is 15.1 Å². The maximum absolute atomic E-state index is 12.5. The lowest BCUT2D eigenvalue weighted by Crippen LogP contribution is -2.50. The van der Waals surface area contributed by atoms with Crippen LogP contribution in [0, 0.1) is 5.92 Å². The van der Waals surface area contributed by atoms with Crippen LogP contribution >= 0.6 is 24.2 Å². The molecule has 1 saturated carbocycles. The average molecular weight is 336 g/mol. The van der Waals surface area contributed by atoms with Gasteiger partial charge in [-0.15, -0.1) is 24.2 Å². The zero-order valence-corrected chi connectivity index (χ0v) is 14.5. The van der Waals surface area contributed by atoms with E-state index in [-0.39, 0.29) is 36.2 Å². The van der Waals surface area contributed by atoms with Crippen LogP contribution in [0.15, 0.2) is 0 Å². The van der Waals surface area contributed by atoms with E-state index in [4.69, 9.17) is 0 Å². The van der Waals surface area contributed by atoms with Crippen molar-refractivity contribution in [1.82, 2.24) is 15.1 Å². The maximum Gasteiger partial charge on any atom is 0.246 e. The van der Waals surface area contributed by atoms with Crippen LogP contribution in [-0.4, -0.2) is 66.5 Å². The molecule has 1 atom stereocenters. The van der Waals surface area contributed by atoms with Crippen molar-refractivity contribution >= 4 is 36.0 Å². The summed E-state index contributed by atoms with van der Waals surface area (Å²) in [6, 6.07) is -0.255. The minimum atomic E-state index is -0.255. The molecule has 1 aliphatic heterocycles. The molecule has 0 spiro atoms. The summed E-state index contributed by atoms with van der Waals surface area (Å²) >= 11 is 1.69. The summed E-state index contributed by atoms with van der Waals surface area (Å²) in [5, 5.41) is 3.04. The fourth-order valence-electron chi connectivity index (χ4n) is 2.92. The van der Waals surface area contributed by atoms with Gasteiger partial charge in [-0.3, -0.25) is 9.59 Å². The smallest absolute Gasteiger partial charge is 0.246 e. The summed E-state index contributed by atoms with van der Waals surface area (Å²) in [5.74, 6) is 1.85. The predicted molar refractivity (Wildman–Crippen MR) is 88.7 cm³/mol. The highest BCUT2D eigenvalue weighted by Gasteiger charge is 2.39. The lowest BCUT2D eigenvalue weighted by Gasteiger charge is -2.29. The lowest BCUT2D eigenvalue weighted by atomic mass is 10.1. The molecule has 2 fully saturated rings. The number of nitrogens with one attached hydrogen (secondary N) is 1. The topological polar surface area (TPSA) is 52.7 Å². The Hall–Kier alpha value is -0.460. The van der Waals surface area contributed by atoms with E-state index < -0.39 is 0 Å². The van der Waals surface area contributed by atoms with Gasteiger partial charge in [-0.2, -0.15) is 0 Å². The number of amides is 2. The van der Waals surface area contributed by atoms with Gasteiger partial charge in [-0.1, -0.05) is 12.8 Å². The summed E-state index contributed by atoms with van der Waals surface area (Å²) < 4.78 is 0. The van der Waals surface area contributed by atoms with E-state index in [0.717, 1.165) is 38.0 Å². The summed E-state index contributed by atoms with van der Waals surface area (Å²) in [6.07, 6.45) is 4.29. The number of carbonyl (C=O) groups is 2. The third-order valence-electron chi connectivity index (χ3n) is 4.23. The highest BCUT2D eigenvalue weighted by atomic mass is 35.5. The second-order valence-electron chi connectivity index (χ2n) is 5.67. The minimum Gasteiger partial charge on any atom is -0.343 e. The quantitative estimate of drug-likeness (QED) is 0.819. The molecule has 7 heteroatoms. The molecule has 0 aromatic rings. The van der Waals surface area contributed by atoms with E-state index >= 15 is 0 Å². The molecule has 0 bridgehead atoms. The number of nitrogens with zero attached hydrogens (tertiary/aromatic N) is 2. The third kappa shape index (κ3) is 4.50. The van der Waals surface area contributed by atoms with Crippen LogP contribution < -0.4 is 5.32 Å². The Bertz CT molecular complexity index is 364. The van der Waals surface area contributed by atoms with Gasteiger partial charge in [0.05, 0.1) is 5.88 Å². The van der Waals surface area contributed by atoms with Gasteiger partial charge in [0.2, 0.25) is 11.8 Å². The number of hydrogen-bond acceptors (Lipinski definition) is 4. The predicted octanol–water partition coefficient (Wildman–Crippen LogP) is 1.18. The third-order valence-corrected chi connectivity index (χ3v) is 5.24. The van der Waals surface area contributed by atoms with Crippen LogP contribution in [0.5, 0.6) is 0 Å². The molecule has 1 saturated heterocycles. The molecule has 122 valence electrons. The summed E-state index contributed by atoms with van der Waals surface area (Å²) in [7, 11) is 3.69. The largest absolute Gasteiger partial charge is 0.343 e. The van der Waals surface area contributed by atoms with Crippen LogP contribution in [0.25, 0.3) is 0 Å². The second kappa shape index (κ2) is 8.86. The van der Waals surface area contributed by atoms with E-state index in [1.807, 2.05) is 19.0 Å². The number of halogens is 1. The molecule has 1 N–H and O–H groups in total.